The number of halogens is 1. The quantitative estimate of drug-likeness (QED) is 0.756. The van der Waals surface area contributed by atoms with Gasteiger partial charge in [-0.05, 0) is 32.4 Å². The number of rotatable bonds is 6. The highest BCUT2D eigenvalue weighted by atomic mass is 35.5. The first-order chi connectivity index (χ1) is 8.38. The van der Waals surface area contributed by atoms with E-state index in [1.807, 2.05) is 26.0 Å². The number of hydrogen-bond donors (Lipinski definition) is 0. The van der Waals surface area contributed by atoms with Gasteiger partial charge in [-0.15, -0.1) is 11.6 Å². The maximum atomic E-state index is 11.8. The highest BCUT2D eigenvalue weighted by Gasteiger charge is 2.19. The minimum Gasteiger partial charge on any atom is -0.368 e. The lowest BCUT2D eigenvalue weighted by atomic mass is 10.2. The van der Waals surface area contributed by atoms with Crippen LogP contribution >= 0.6 is 11.6 Å². The molecule has 102 valence electrons. The first-order valence-electron chi connectivity index (χ1n) is 5.99. The zero-order valence-corrected chi connectivity index (χ0v) is 12.6. The molecular weight excluding hydrogens is 270 g/mol. The fourth-order valence-corrected chi connectivity index (χ4v) is 2.91. The number of para-hydroxylation sites is 1. The Hall–Kier alpha value is -0.740. The molecular formula is C13H20ClNO2S. The lowest BCUT2D eigenvalue weighted by Crippen LogP contribution is -2.33. The maximum Gasteiger partial charge on any atom is 0.177 e. The number of hydrogen-bond acceptors (Lipinski definition) is 3. The van der Waals surface area contributed by atoms with Crippen LogP contribution in [0, 0.1) is 0 Å². The molecule has 0 spiro atoms. The van der Waals surface area contributed by atoms with E-state index in [0.29, 0.717) is 10.8 Å². The molecule has 0 atom stereocenters. The third-order valence-electron chi connectivity index (χ3n) is 2.73. The van der Waals surface area contributed by atoms with Crippen LogP contribution in [0.25, 0.3) is 0 Å². The predicted octanol–water partition coefficient (Wildman–Crippen LogP) is 2.93. The van der Waals surface area contributed by atoms with E-state index < -0.39 is 9.84 Å². The Kier molecular flexibility index (Phi) is 5.47. The highest BCUT2D eigenvalue weighted by molar-refractivity contribution is 7.90. The molecule has 5 heteroatoms. The molecule has 0 aromatic heterocycles. The molecule has 0 aliphatic carbocycles. The van der Waals surface area contributed by atoms with Gasteiger partial charge in [-0.3, -0.25) is 0 Å². The molecule has 0 saturated carbocycles. The van der Waals surface area contributed by atoms with Crippen LogP contribution in [0.15, 0.2) is 29.2 Å². The van der Waals surface area contributed by atoms with Crippen molar-refractivity contribution in [3.63, 3.8) is 0 Å². The van der Waals surface area contributed by atoms with E-state index in [4.69, 9.17) is 11.6 Å². The minimum absolute atomic E-state index is 0.233. The SMILES string of the molecule is CC(C)N(CCCCl)c1ccccc1S(C)(=O)=O. The first kappa shape index (κ1) is 15.3. The van der Waals surface area contributed by atoms with Gasteiger partial charge in [0.25, 0.3) is 0 Å². The van der Waals surface area contributed by atoms with Crippen LogP contribution in [-0.2, 0) is 9.84 Å². The summed E-state index contributed by atoms with van der Waals surface area (Å²) in [5.74, 6) is 0.574. The molecule has 0 saturated heterocycles. The van der Waals surface area contributed by atoms with Crippen LogP contribution in [0.5, 0.6) is 0 Å². The van der Waals surface area contributed by atoms with Gasteiger partial charge in [0.05, 0.1) is 10.6 Å². The van der Waals surface area contributed by atoms with Crippen molar-refractivity contribution in [3.8, 4) is 0 Å². The largest absolute Gasteiger partial charge is 0.368 e. The van der Waals surface area contributed by atoms with Gasteiger partial charge in [-0.1, -0.05) is 12.1 Å². The summed E-state index contributed by atoms with van der Waals surface area (Å²) in [7, 11) is -3.21. The third-order valence-corrected chi connectivity index (χ3v) is 4.14. The van der Waals surface area contributed by atoms with Gasteiger partial charge in [0, 0.05) is 24.7 Å². The monoisotopic (exact) mass is 289 g/mol. The lowest BCUT2D eigenvalue weighted by Gasteiger charge is -2.30. The molecule has 18 heavy (non-hydrogen) atoms. The summed E-state index contributed by atoms with van der Waals surface area (Å²) in [6, 6.07) is 7.35. The fourth-order valence-electron chi connectivity index (χ4n) is 1.89. The van der Waals surface area contributed by atoms with E-state index in [1.165, 1.54) is 6.26 Å². The fraction of sp³-hybridized carbons (Fsp3) is 0.538. The number of benzene rings is 1. The van der Waals surface area contributed by atoms with Crippen molar-refractivity contribution in [2.75, 3.05) is 23.6 Å². The third kappa shape index (κ3) is 3.89. The molecule has 0 bridgehead atoms. The molecule has 1 aromatic carbocycles. The van der Waals surface area contributed by atoms with Crippen molar-refractivity contribution in [2.24, 2.45) is 0 Å². The van der Waals surface area contributed by atoms with Crippen LogP contribution in [0.1, 0.15) is 20.3 Å². The van der Waals surface area contributed by atoms with E-state index in [1.54, 1.807) is 12.1 Å². The highest BCUT2D eigenvalue weighted by Crippen LogP contribution is 2.26. The second kappa shape index (κ2) is 6.43. The number of nitrogens with zero attached hydrogens (tertiary/aromatic N) is 1. The van der Waals surface area contributed by atoms with Crippen LogP contribution in [0.4, 0.5) is 5.69 Å². The second-order valence-corrected chi connectivity index (χ2v) is 6.93. The molecule has 0 heterocycles. The van der Waals surface area contributed by atoms with Crippen LogP contribution in [0.2, 0.25) is 0 Å². The molecule has 0 amide bonds. The molecule has 0 aliphatic heterocycles. The summed E-state index contributed by atoms with van der Waals surface area (Å²) in [5.41, 5.74) is 0.764. The molecule has 0 aliphatic rings. The Bertz CT molecular complexity index is 486. The second-order valence-electron chi connectivity index (χ2n) is 4.57. The van der Waals surface area contributed by atoms with Crippen molar-refractivity contribution in [2.45, 2.75) is 31.2 Å². The maximum absolute atomic E-state index is 11.8. The van der Waals surface area contributed by atoms with E-state index in [9.17, 15) is 8.42 Å². The number of anilines is 1. The van der Waals surface area contributed by atoms with Gasteiger partial charge in [0.1, 0.15) is 0 Å². The van der Waals surface area contributed by atoms with Crippen molar-refractivity contribution < 1.29 is 8.42 Å². The van der Waals surface area contributed by atoms with E-state index >= 15 is 0 Å². The zero-order chi connectivity index (χ0) is 13.8. The van der Waals surface area contributed by atoms with Crippen molar-refractivity contribution in [3.05, 3.63) is 24.3 Å². The van der Waals surface area contributed by atoms with Crippen molar-refractivity contribution in [1.82, 2.24) is 0 Å². The number of alkyl halides is 1. The standard InChI is InChI=1S/C13H20ClNO2S/c1-11(2)15(10-6-9-14)12-7-4-5-8-13(12)18(3,16)17/h4-5,7-8,11H,6,9-10H2,1-3H3. The Morgan fingerprint density at radius 2 is 1.89 bits per heavy atom. The lowest BCUT2D eigenvalue weighted by molar-refractivity contribution is 0.599. The summed E-state index contributed by atoms with van der Waals surface area (Å²) < 4.78 is 23.6. The minimum atomic E-state index is -3.21. The van der Waals surface area contributed by atoms with Gasteiger partial charge < -0.3 is 4.90 Å². The summed E-state index contributed by atoms with van der Waals surface area (Å²) in [4.78, 5) is 2.46. The molecule has 0 fully saturated rings. The van der Waals surface area contributed by atoms with Gasteiger partial charge in [-0.25, -0.2) is 8.42 Å². The molecule has 3 nitrogen and oxygen atoms in total. The average molecular weight is 290 g/mol. The van der Waals surface area contributed by atoms with E-state index in [0.717, 1.165) is 18.7 Å². The Balaban J connectivity index is 3.20. The smallest absolute Gasteiger partial charge is 0.177 e. The summed E-state index contributed by atoms with van der Waals surface area (Å²) in [5, 5.41) is 0. The first-order valence-corrected chi connectivity index (χ1v) is 8.42. The summed E-state index contributed by atoms with van der Waals surface area (Å²) in [6.07, 6.45) is 2.07. The molecule has 1 rings (SSSR count). The van der Waals surface area contributed by atoms with E-state index in [-0.39, 0.29) is 6.04 Å². The van der Waals surface area contributed by atoms with Gasteiger partial charge in [-0.2, -0.15) is 0 Å². The van der Waals surface area contributed by atoms with Gasteiger partial charge >= 0.3 is 0 Å². The summed E-state index contributed by atoms with van der Waals surface area (Å²) in [6.45, 7) is 4.86. The van der Waals surface area contributed by atoms with Gasteiger partial charge in [0.2, 0.25) is 0 Å². The van der Waals surface area contributed by atoms with Crippen LogP contribution < -0.4 is 4.90 Å². The Morgan fingerprint density at radius 1 is 1.28 bits per heavy atom. The van der Waals surface area contributed by atoms with Crippen molar-refractivity contribution in [1.29, 1.82) is 0 Å². The topological polar surface area (TPSA) is 37.4 Å². The normalized spacial score (nSPS) is 11.8. The van der Waals surface area contributed by atoms with Gasteiger partial charge in [0.15, 0.2) is 9.84 Å². The van der Waals surface area contributed by atoms with Crippen molar-refractivity contribution >= 4 is 27.1 Å². The van der Waals surface area contributed by atoms with Crippen LogP contribution in [0.3, 0.4) is 0 Å². The Morgan fingerprint density at radius 3 is 2.39 bits per heavy atom. The zero-order valence-electron chi connectivity index (χ0n) is 11.1. The molecule has 0 radical (unpaired) electrons. The molecule has 1 aromatic rings. The molecule has 0 N–H and O–H groups in total. The molecule has 0 unspecified atom stereocenters. The average Bonchev–Trinajstić information content (AvgIpc) is 2.28. The van der Waals surface area contributed by atoms with Crippen LogP contribution in [-0.4, -0.2) is 33.1 Å². The van der Waals surface area contributed by atoms with E-state index in [2.05, 4.69) is 4.90 Å². The predicted molar refractivity (Wildman–Crippen MR) is 77.4 cm³/mol. The summed E-state index contributed by atoms with van der Waals surface area (Å²) >= 11 is 5.72. The number of sulfone groups is 1. The Labute approximate surface area is 115 Å².